The molecule has 0 atom stereocenters. The van der Waals surface area contributed by atoms with Crippen LogP contribution in [-0.2, 0) is 0 Å². The van der Waals surface area contributed by atoms with E-state index in [4.69, 9.17) is 0 Å². The molecule has 0 amide bonds. The van der Waals surface area contributed by atoms with Gasteiger partial charge in [0, 0.05) is 0 Å². The first kappa shape index (κ1) is 15.6. The molecule has 8 heavy (non-hydrogen) atoms. The van der Waals surface area contributed by atoms with Crippen LogP contribution < -0.4 is 0 Å². The molecule has 0 aromatic rings. The van der Waals surface area contributed by atoms with Crippen LogP contribution in [0.15, 0.2) is 13.2 Å². The van der Waals surface area contributed by atoms with Crippen molar-refractivity contribution in [2.75, 3.05) is 0 Å². The van der Waals surface area contributed by atoms with E-state index in [2.05, 4.69) is 27.0 Å². The highest BCUT2D eigenvalue weighted by molar-refractivity contribution is 4.22. The first-order valence-corrected chi connectivity index (χ1v) is 3.41. The van der Waals surface area contributed by atoms with Gasteiger partial charge in [-0.1, -0.05) is 40.5 Å². The summed E-state index contributed by atoms with van der Waals surface area (Å²) in [5.41, 5.74) is 0. The molecule has 0 spiro atoms. The number of hydrogen-bond acceptors (Lipinski definition) is 0. The van der Waals surface area contributed by atoms with Crippen LogP contribution in [0.25, 0.3) is 0 Å². The molecule has 0 heteroatoms. The Morgan fingerprint density at radius 1 is 0.875 bits per heavy atom. The van der Waals surface area contributed by atoms with Gasteiger partial charge >= 0.3 is 0 Å². The second kappa shape index (κ2) is 73.3. The smallest absolute Gasteiger partial charge is 0.0564 e. The average Bonchev–Trinajstić information content (AvgIpc) is 1.96. The predicted octanol–water partition coefficient (Wildman–Crippen LogP) is 3.63. The molecule has 0 bridgehead atoms. The van der Waals surface area contributed by atoms with Gasteiger partial charge in [0.2, 0.25) is 0 Å². The van der Waals surface area contributed by atoms with Gasteiger partial charge in [-0.3, -0.25) is 0 Å². The number of unbranched alkanes of at least 4 members (excludes halogenated alkanes) is 1. The molecule has 0 aromatic heterocycles. The Hall–Kier alpha value is -0.260. The Bertz CT molecular complexity index is 7.51. The lowest BCUT2D eigenvalue weighted by atomic mass is 10.4. The van der Waals surface area contributed by atoms with Crippen molar-refractivity contribution in [1.29, 1.82) is 0 Å². The Morgan fingerprint density at radius 3 is 1.00 bits per heavy atom. The molecule has 0 N–H and O–H groups in total. The third-order valence-electron chi connectivity index (χ3n) is 0.500. The zero-order valence-electron chi connectivity index (χ0n) is 6.83. The van der Waals surface area contributed by atoms with Crippen molar-refractivity contribution in [3.8, 4) is 0 Å². The average molecular weight is 116 g/mol. The maximum absolute atomic E-state index is 3.00. The molecule has 0 fully saturated rings. The minimum atomic E-state index is 1.32. The zero-order valence-corrected chi connectivity index (χ0v) is 6.83. The van der Waals surface area contributed by atoms with Crippen molar-refractivity contribution < 1.29 is 0 Å². The largest absolute Gasteiger partial charge is 0.106 e. The monoisotopic (exact) mass is 116 g/mol. The van der Waals surface area contributed by atoms with Crippen LogP contribution in [0.4, 0.5) is 0 Å². The highest BCUT2D eigenvalue weighted by atomic mass is 13.6. The van der Waals surface area contributed by atoms with E-state index < -0.39 is 0 Å². The summed E-state index contributed by atoms with van der Waals surface area (Å²) in [5, 5.41) is 0. The predicted molar refractivity (Wildman–Crippen MR) is 43.2 cm³/mol. The molecule has 0 radical (unpaired) electrons. The van der Waals surface area contributed by atoms with Crippen molar-refractivity contribution >= 4 is 0 Å². The summed E-state index contributed by atoms with van der Waals surface area (Å²) in [6, 6.07) is 0. The summed E-state index contributed by atoms with van der Waals surface area (Å²) in [5.74, 6) is 0. The van der Waals surface area contributed by atoms with Crippen molar-refractivity contribution in [2.24, 2.45) is 0 Å². The van der Waals surface area contributed by atoms with Crippen molar-refractivity contribution in [3.63, 3.8) is 0 Å². The lowest BCUT2D eigenvalue weighted by Gasteiger charge is -1.68. The maximum atomic E-state index is 3.00. The summed E-state index contributed by atoms with van der Waals surface area (Å²) in [4.78, 5) is 0. The molecular weight excluding hydrogens is 96.1 g/mol. The van der Waals surface area contributed by atoms with Gasteiger partial charge in [-0.25, -0.2) is 0 Å². The first-order valence-electron chi connectivity index (χ1n) is 3.41. The second-order valence-electron chi connectivity index (χ2n) is 1.000. The molecule has 0 nitrogen and oxygen atoms in total. The number of hydrogen-bond donors (Lipinski definition) is 0. The quantitative estimate of drug-likeness (QED) is 0.459. The molecule has 0 rings (SSSR count). The molecule has 0 aromatic carbocycles. The maximum Gasteiger partial charge on any atom is -0.0564 e. The van der Waals surface area contributed by atoms with Gasteiger partial charge in [0.1, 0.15) is 0 Å². The minimum Gasteiger partial charge on any atom is -0.106 e. The van der Waals surface area contributed by atoms with Crippen molar-refractivity contribution in [2.45, 2.75) is 40.5 Å². The zero-order chi connectivity index (χ0) is 7.41. The summed E-state index contributed by atoms with van der Waals surface area (Å²) in [6.45, 7) is 14.4. The van der Waals surface area contributed by atoms with Gasteiger partial charge in [-0.15, -0.1) is 13.2 Å². The van der Waals surface area contributed by atoms with Crippen molar-refractivity contribution in [3.05, 3.63) is 13.2 Å². The standard InChI is InChI=1S/C4H10.C2H6.C2H4/c1-3-4-2;2*1-2/h3-4H2,1-2H3;1-2H3;1-2H2. The molecule has 0 saturated carbocycles. The number of rotatable bonds is 1. The molecule has 0 aliphatic rings. The minimum absolute atomic E-state index is 1.32. The van der Waals surface area contributed by atoms with Crippen LogP contribution in [0.5, 0.6) is 0 Å². The lowest BCUT2D eigenvalue weighted by molar-refractivity contribution is 0.886. The fourth-order valence-corrected chi connectivity index (χ4v) is 0. The Labute approximate surface area is 54.6 Å². The van der Waals surface area contributed by atoms with Gasteiger partial charge in [0.15, 0.2) is 0 Å². The normalized spacial score (nSPS) is 5.00. The topological polar surface area (TPSA) is 0 Å². The highest BCUT2D eigenvalue weighted by Crippen LogP contribution is 1.76. The molecular formula is C8H20. The van der Waals surface area contributed by atoms with E-state index in [-0.39, 0.29) is 0 Å². The third-order valence-corrected chi connectivity index (χ3v) is 0.500. The summed E-state index contributed by atoms with van der Waals surface area (Å²) in [7, 11) is 0. The van der Waals surface area contributed by atoms with Crippen LogP contribution in [-0.4, -0.2) is 0 Å². The molecule has 0 saturated heterocycles. The summed E-state index contributed by atoms with van der Waals surface area (Å²) < 4.78 is 0. The van der Waals surface area contributed by atoms with Gasteiger partial charge in [-0.05, 0) is 0 Å². The van der Waals surface area contributed by atoms with E-state index in [1.165, 1.54) is 12.8 Å². The van der Waals surface area contributed by atoms with Gasteiger partial charge < -0.3 is 0 Å². The fraction of sp³-hybridized carbons (Fsp3) is 0.750. The van der Waals surface area contributed by atoms with Crippen LogP contribution in [0.3, 0.4) is 0 Å². The van der Waals surface area contributed by atoms with E-state index in [0.29, 0.717) is 0 Å². The molecule has 52 valence electrons. The lowest BCUT2D eigenvalue weighted by Crippen LogP contribution is -1.47. The highest BCUT2D eigenvalue weighted by Gasteiger charge is 1.56. The Morgan fingerprint density at radius 2 is 1.00 bits per heavy atom. The molecule has 0 aliphatic carbocycles. The molecule has 0 aliphatic heterocycles. The van der Waals surface area contributed by atoms with Crippen LogP contribution in [0, 0.1) is 0 Å². The van der Waals surface area contributed by atoms with E-state index in [1.807, 2.05) is 13.8 Å². The van der Waals surface area contributed by atoms with E-state index in [1.54, 1.807) is 0 Å². The second-order valence-corrected chi connectivity index (χ2v) is 1.000. The van der Waals surface area contributed by atoms with Crippen LogP contribution in [0.2, 0.25) is 0 Å². The summed E-state index contributed by atoms with van der Waals surface area (Å²) >= 11 is 0. The van der Waals surface area contributed by atoms with E-state index in [9.17, 15) is 0 Å². The Kier molecular flexibility index (Phi) is 143. The Balaban J connectivity index is -0.0000000542. The summed E-state index contributed by atoms with van der Waals surface area (Å²) in [6.07, 6.45) is 2.64. The van der Waals surface area contributed by atoms with Crippen molar-refractivity contribution in [1.82, 2.24) is 0 Å². The van der Waals surface area contributed by atoms with E-state index >= 15 is 0 Å². The third kappa shape index (κ3) is 236. The first-order chi connectivity index (χ1) is 3.91. The molecule has 0 unspecified atom stereocenters. The van der Waals surface area contributed by atoms with Gasteiger partial charge in [-0.2, -0.15) is 0 Å². The SMILES string of the molecule is C=C.CC.CCCC. The fourth-order valence-electron chi connectivity index (χ4n) is 0. The van der Waals surface area contributed by atoms with Crippen LogP contribution >= 0.6 is 0 Å². The van der Waals surface area contributed by atoms with Gasteiger partial charge in [0.05, 0.1) is 0 Å². The van der Waals surface area contributed by atoms with E-state index in [0.717, 1.165) is 0 Å². The van der Waals surface area contributed by atoms with Crippen LogP contribution in [0.1, 0.15) is 40.5 Å². The molecule has 0 heterocycles. The van der Waals surface area contributed by atoms with Gasteiger partial charge in [0.25, 0.3) is 0 Å².